The van der Waals surface area contributed by atoms with Crippen molar-refractivity contribution < 1.29 is 121 Å². The van der Waals surface area contributed by atoms with Gasteiger partial charge in [-0.05, 0) is 4.32 Å². The molecule has 0 fully saturated rings. The number of nitrogens with zero attached hydrogens (tertiary/aromatic N) is 1. The van der Waals surface area contributed by atoms with Crippen LogP contribution in [0.5, 0.6) is 0 Å². The first-order valence-corrected chi connectivity index (χ1v) is 4.85. The topological polar surface area (TPSA) is 104 Å². The first-order valence-electron chi connectivity index (χ1n) is 2.46. The van der Waals surface area contributed by atoms with Crippen molar-refractivity contribution in [2.75, 3.05) is 5.75 Å². The van der Waals surface area contributed by atoms with Crippen LogP contribution >= 0.6 is 12.2 Å². The van der Waals surface area contributed by atoms with E-state index in [-0.39, 0.29) is 108 Å². The Morgan fingerprint density at radius 2 is 1.86 bits per heavy atom. The van der Waals surface area contributed by atoms with Gasteiger partial charge in [0.25, 0.3) is 5.91 Å². The Bertz CT molecular complexity index is 305. The van der Waals surface area contributed by atoms with E-state index in [9.17, 15) is 17.8 Å². The van der Waals surface area contributed by atoms with Crippen molar-refractivity contribution in [3.8, 4) is 0 Å². The Morgan fingerprint density at radius 3 is 2.07 bits per heavy atom. The fourth-order valence-corrected chi connectivity index (χ4v) is 0.968. The summed E-state index contributed by atoms with van der Waals surface area (Å²) in [6.45, 7) is 0. The molecule has 11 heteroatoms. The van der Waals surface area contributed by atoms with Crippen LogP contribution in [0.25, 0.3) is 0 Å². The minimum Gasteiger partial charge on any atom is -0.748 e. The fraction of sp³-hybridized carbons (Fsp3) is 0.333. The summed E-state index contributed by atoms with van der Waals surface area (Å²) in [6, 6.07) is 0. The zero-order valence-electron chi connectivity index (χ0n) is 7.59. The molecule has 2 N–H and O–H groups in total. The number of nitrogens with two attached hydrogens (primary N) is 1. The smallest absolute Gasteiger partial charge is 0.748 e. The van der Waals surface area contributed by atoms with Crippen LogP contribution in [0.1, 0.15) is 0 Å². The van der Waals surface area contributed by atoms with Crippen molar-refractivity contribution in [3.05, 3.63) is 0 Å². The zero-order valence-corrected chi connectivity index (χ0v) is 16.3. The standard InChI is InChI=1S/C3H6N2O4S3.2K/c4-5(3(10)11)2(6)1-12(7,8)9;;/h1,4H2,(H,10,11)(H,7,8,9);;/q;2*+1/p-2. The van der Waals surface area contributed by atoms with E-state index in [1.165, 1.54) is 0 Å². The molecule has 0 radical (unpaired) electrons. The van der Waals surface area contributed by atoms with E-state index in [2.05, 4.69) is 24.8 Å². The van der Waals surface area contributed by atoms with Crippen LogP contribution in [0.4, 0.5) is 0 Å². The van der Waals surface area contributed by atoms with Crippen LogP contribution in [0.15, 0.2) is 0 Å². The molecule has 0 heterocycles. The molecule has 0 spiro atoms. The number of carbonyl (C=O) groups excluding carboxylic acids is 1. The largest absolute Gasteiger partial charge is 1.00 e. The summed E-state index contributed by atoms with van der Waals surface area (Å²) in [6.07, 6.45) is 0. The zero-order chi connectivity index (χ0) is 9.94. The quantitative estimate of drug-likeness (QED) is 0.103. The summed E-state index contributed by atoms with van der Waals surface area (Å²) < 4.78 is 29.7. The summed E-state index contributed by atoms with van der Waals surface area (Å²) in [5, 5.41) is 0.264. The molecule has 70 valence electrons. The van der Waals surface area contributed by atoms with Gasteiger partial charge in [0.05, 0.1) is 0 Å². The average Bonchev–Trinajstić information content (AvgIpc) is 1.82. The number of hydrazine groups is 1. The second kappa shape index (κ2) is 9.90. The number of rotatable bonds is 2. The number of amides is 1. The fourth-order valence-electron chi connectivity index (χ4n) is 0.323. The van der Waals surface area contributed by atoms with E-state index in [0.717, 1.165) is 0 Å². The van der Waals surface area contributed by atoms with Gasteiger partial charge in [-0.2, -0.15) is 0 Å². The molecule has 0 rings (SSSR count). The second-order valence-corrected chi connectivity index (χ2v) is 4.17. The molecule has 0 aromatic rings. The maximum absolute atomic E-state index is 10.7. The minimum atomic E-state index is -4.63. The van der Waals surface area contributed by atoms with E-state index in [0.29, 0.717) is 0 Å². The molecule has 0 saturated heterocycles. The van der Waals surface area contributed by atoms with Gasteiger partial charge in [0.1, 0.15) is 15.9 Å². The predicted octanol–water partition coefficient (Wildman–Crippen LogP) is -7.93. The van der Waals surface area contributed by atoms with Gasteiger partial charge in [-0.25, -0.2) is 14.3 Å². The van der Waals surface area contributed by atoms with Crippen molar-refractivity contribution in [2.24, 2.45) is 5.84 Å². The van der Waals surface area contributed by atoms with Gasteiger partial charge in [-0.1, -0.05) is 0 Å². The Balaban J connectivity index is -0.000000605. The third kappa shape index (κ3) is 11.4. The van der Waals surface area contributed by atoms with Gasteiger partial charge >= 0.3 is 103 Å². The Morgan fingerprint density at radius 1 is 1.50 bits per heavy atom. The van der Waals surface area contributed by atoms with Crippen molar-refractivity contribution >= 4 is 45.2 Å². The van der Waals surface area contributed by atoms with Crippen LogP contribution in [-0.2, 0) is 27.5 Å². The van der Waals surface area contributed by atoms with Gasteiger partial charge in [-0.3, -0.25) is 9.80 Å². The normalized spacial score (nSPS) is 9.29. The molecule has 14 heavy (non-hydrogen) atoms. The van der Waals surface area contributed by atoms with Gasteiger partial charge in [0, 0.05) is 0 Å². The summed E-state index contributed by atoms with van der Waals surface area (Å²) in [5.41, 5.74) is 0. The Kier molecular flexibility index (Phi) is 15.7. The molecule has 0 bridgehead atoms. The van der Waals surface area contributed by atoms with Gasteiger partial charge < -0.3 is 29.4 Å². The molecule has 0 aliphatic carbocycles. The first-order chi connectivity index (χ1) is 5.24. The molecule has 0 atom stereocenters. The monoisotopic (exact) mass is 306 g/mol. The van der Waals surface area contributed by atoms with Crippen LogP contribution in [0.2, 0.25) is 0 Å². The SMILES string of the molecule is NN(C(=O)CS(=O)(=O)[O-])C(=S)[S-].[K+].[K+]. The molecule has 0 aliphatic rings. The average molecular weight is 306 g/mol. The maximum atomic E-state index is 10.7. The Hall–Kier alpha value is 2.92. The second-order valence-electron chi connectivity index (χ2n) is 1.73. The summed E-state index contributed by atoms with van der Waals surface area (Å²) in [7, 11) is -4.63. The van der Waals surface area contributed by atoms with Crippen LogP contribution < -0.4 is 109 Å². The molecule has 0 aromatic heterocycles. The molecule has 0 saturated carbocycles. The predicted molar refractivity (Wildman–Crippen MR) is 45.6 cm³/mol. The molecule has 0 unspecified atom stereocenters. The molecule has 0 aliphatic heterocycles. The van der Waals surface area contributed by atoms with Crippen molar-refractivity contribution in [1.29, 1.82) is 0 Å². The van der Waals surface area contributed by atoms with Gasteiger partial charge in [0.2, 0.25) is 0 Å². The molecule has 1 amide bonds. The van der Waals surface area contributed by atoms with Crippen LogP contribution in [0, 0.1) is 0 Å². The molecular weight excluding hydrogens is 302 g/mol. The van der Waals surface area contributed by atoms with E-state index in [1.807, 2.05) is 0 Å². The van der Waals surface area contributed by atoms with E-state index in [1.54, 1.807) is 0 Å². The molecule has 0 aromatic carbocycles. The first kappa shape index (κ1) is 22.1. The minimum absolute atomic E-state index is 0. The van der Waals surface area contributed by atoms with E-state index < -0.39 is 26.1 Å². The van der Waals surface area contributed by atoms with Crippen molar-refractivity contribution in [3.63, 3.8) is 0 Å². The number of hydrogen-bond acceptors (Lipinski definition) is 7. The third-order valence-electron chi connectivity index (χ3n) is 0.766. The maximum Gasteiger partial charge on any atom is 1.00 e. The van der Waals surface area contributed by atoms with Crippen molar-refractivity contribution in [1.82, 2.24) is 5.01 Å². The van der Waals surface area contributed by atoms with Gasteiger partial charge in [-0.15, -0.1) is 0 Å². The number of carbonyl (C=O) groups is 1. The number of hydrogen-bond donors (Lipinski definition) is 1. The molecular formula is C3H4K2N2O4S3. The summed E-state index contributed by atoms with van der Waals surface area (Å²) in [5.74, 6) is 2.53. The van der Waals surface area contributed by atoms with Crippen LogP contribution in [0.3, 0.4) is 0 Å². The number of thiocarbonyl (C=S) groups is 1. The van der Waals surface area contributed by atoms with Gasteiger partial charge in [0.15, 0.2) is 0 Å². The van der Waals surface area contributed by atoms with Crippen LogP contribution in [-0.4, -0.2) is 34.0 Å². The molecule has 6 nitrogen and oxygen atoms in total. The summed E-state index contributed by atoms with van der Waals surface area (Å²) >= 11 is 8.56. The van der Waals surface area contributed by atoms with E-state index in [4.69, 9.17) is 5.84 Å². The van der Waals surface area contributed by atoms with Crippen molar-refractivity contribution in [2.45, 2.75) is 0 Å². The van der Waals surface area contributed by atoms with E-state index >= 15 is 0 Å². The summed E-state index contributed by atoms with van der Waals surface area (Å²) in [4.78, 5) is 10.7. The Labute approximate surface area is 178 Å². The third-order valence-corrected chi connectivity index (χ3v) is 1.76.